The van der Waals surface area contributed by atoms with Crippen molar-refractivity contribution in [3.05, 3.63) is 48.0 Å². The van der Waals surface area contributed by atoms with Gasteiger partial charge in [0.15, 0.2) is 0 Å². The molecule has 1 N–H and O–H groups in total. The van der Waals surface area contributed by atoms with Gasteiger partial charge in [-0.15, -0.1) is 0 Å². The largest absolute Gasteiger partial charge is 0.346 e. The minimum absolute atomic E-state index is 0.387. The van der Waals surface area contributed by atoms with E-state index in [2.05, 4.69) is 15.0 Å². The minimum atomic E-state index is -3.18. The zero-order valence-electron chi connectivity index (χ0n) is 12.7. The molecule has 0 unspecified atom stereocenters. The molecule has 7 heteroatoms. The average Bonchev–Trinajstić information content (AvgIpc) is 2.98. The summed E-state index contributed by atoms with van der Waals surface area (Å²) in [5.74, 6) is 0. The zero-order chi connectivity index (χ0) is 16.0. The average molecular weight is 328 g/mol. The van der Waals surface area contributed by atoms with Gasteiger partial charge in [-0.2, -0.15) is 4.31 Å². The standard InChI is InChI=1S/C16H16N4O2S/c1-23(21,22)20-7-4-13-12(10-20)8-18-16-15(13)14(9-19-16)11-2-5-17-6-3-11/h2-3,5-6,8-9H,4,7,10H2,1H3,(H,18,19). The number of hydrogen-bond donors (Lipinski definition) is 1. The van der Waals surface area contributed by atoms with Gasteiger partial charge < -0.3 is 4.98 Å². The normalized spacial score (nSPS) is 15.7. The van der Waals surface area contributed by atoms with E-state index < -0.39 is 10.0 Å². The predicted octanol–water partition coefficient (Wildman–Crippen LogP) is 1.94. The first-order valence-corrected chi connectivity index (χ1v) is 9.22. The summed E-state index contributed by atoms with van der Waals surface area (Å²) in [6.07, 6.45) is 9.21. The van der Waals surface area contributed by atoms with Crippen LogP contribution in [-0.4, -0.2) is 40.5 Å². The van der Waals surface area contributed by atoms with E-state index in [4.69, 9.17) is 0 Å². The van der Waals surface area contributed by atoms with Crippen molar-refractivity contribution in [2.24, 2.45) is 0 Å². The van der Waals surface area contributed by atoms with Crippen LogP contribution in [0.25, 0.3) is 22.2 Å². The van der Waals surface area contributed by atoms with Crippen LogP contribution in [0.15, 0.2) is 36.9 Å². The Bertz CT molecular complexity index is 980. The number of nitrogens with zero attached hydrogens (tertiary/aromatic N) is 3. The Hall–Kier alpha value is -2.25. The summed E-state index contributed by atoms with van der Waals surface area (Å²) >= 11 is 0. The fraction of sp³-hybridized carbons (Fsp3) is 0.250. The molecule has 0 radical (unpaired) electrons. The van der Waals surface area contributed by atoms with Crippen LogP contribution in [-0.2, 0) is 23.0 Å². The van der Waals surface area contributed by atoms with E-state index in [1.54, 1.807) is 18.6 Å². The number of aromatic amines is 1. The van der Waals surface area contributed by atoms with Gasteiger partial charge >= 0.3 is 0 Å². The monoisotopic (exact) mass is 328 g/mol. The molecule has 0 saturated heterocycles. The van der Waals surface area contributed by atoms with E-state index in [9.17, 15) is 8.42 Å². The van der Waals surface area contributed by atoms with Crippen LogP contribution in [0.1, 0.15) is 11.1 Å². The first-order chi connectivity index (χ1) is 11.0. The zero-order valence-corrected chi connectivity index (χ0v) is 13.5. The van der Waals surface area contributed by atoms with Gasteiger partial charge in [0.25, 0.3) is 0 Å². The van der Waals surface area contributed by atoms with Crippen molar-refractivity contribution in [3.63, 3.8) is 0 Å². The Balaban J connectivity index is 1.88. The van der Waals surface area contributed by atoms with Gasteiger partial charge in [0.05, 0.1) is 6.26 Å². The second-order valence-electron chi connectivity index (χ2n) is 5.77. The number of rotatable bonds is 2. The van der Waals surface area contributed by atoms with E-state index in [1.807, 2.05) is 18.3 Å². The van der Waals surface area contributed by atoms with Gasteiger partial charge in [-0.05, 0) is 35.2 Å². The summed E-state index contributed by atoms with van der Waals surface area (Å²) in [5, 5.41) is 1.09. The van der Waals surface area contributed by atoms with Crippen molar-refractivity contribution in [1.29, 1.82) is 0 Å². The molecule has 0 spiro atoms. The number of hydrogen-bond acceptors (Lipinski definition) is 4. The van der Waals surface area contributed by atoms with Gasteiger partial charge in [-0.25, -0.2) is 13.4 Å². The maximum atomic E-state index is 11.8. The number of H-pyrrole nitrogens is 1. The third-order valence-corrected chi connectivity index (χ3v) is 5.57. The topological polar surface area (TPSA) is 79.0 Å². The predicted molar refractivity (Wildman–Crippen MR) is 88.3 cm³/mol. The summed E-state index contributed by atoms with van der Waals surface area (Å²) in [4.78, 5) is 11.7. The summed E-state index contributed by atoms with van der Waals surface area (Å²) in [6, 6.07) is 3.93. The molecule has 4 rings (SSSR count). The SMILES string of the molecule is CS(=O)(=O)N1CCc2c(cnc3[nH]cc(-c4ccncc4)c23)C1. The van der Waals surface area contributed by atoms with Crippen LogP contribution in [0.2, 0.25) is 0 Å². The second kappa shape index (κ2) is 5.14. The molecule has 0 atom stereocenters. The van der Waals surface area contributed by atoms with Crippen molar-refractivity contribution < 1.29 is 8.42 Å². The molecule has 1 aliphatic rings. The molecule has 3 aromatic heterocycles. The number of pyridine rings is 2. The fourth-order valence-electron chi connectivity index (χ4n) is 3.17. The lowest BCUT2D eigenvalue weighted by molar-refractivity contribution is 0.395. The molecule has 0 bridgehead atoms. The summed E-state index contributed by atoms with van der Waals surface area (Å²) in [7, 11) is -3.18. The second-order valence-corrected chi connectivity index (χ2v) is 7.75. The molecule has 0 aliphatic carbocycles. The van der Waals surface area contributed by atoms with E-state index >= 15 is 0 Å². The lowest BCUT2D eigenvalue weighted by atomic mass is 9.96. The van der Waals surface area contributed by atoms with Crippen LogP contribution in [0, 0.1) is 0 Å². The maximum absolute atomic E-state index is 11.8. The van der Waals surface area contributed by atoms with Crippen LogP contribution >= 0.6 is 0 Å². The van der Waals surface area contributed by atoms with Gasteiger partial charge in [0.1, 0.15) is 5.65 Å². The number of aromatic nitrogens is 3. The highest BCUT2D eigenvalue weighted by Gasteiger charge is 2.26. The maximum Gasteiger partial charge on any atom is 0.211 e. The molecule has 0 amide bonds. The molecule has 4 heterocycles. The molecular weight excluding hydrogens is 312 g/mol. The fourth-order valence-corrected chi connectivity index (χ4v) is 3.97. The Morgan fingerprint density at radius 2 is 2.04 bits per heavy atom. The van der Waals surface area contributed by atoms with Gasteiger partial charge in [0, 0.05) is 48.8 Å². The highest BCUT2D eigenvalue weighted by Crippen LogP contribution is 2.34. The van der Waals surface area contributed by atoms with Gasteiger partial charge in [-0.1, -0.05) is 0 Å². The Morgan fingerprint density at radius 3 is 2.78 bits per heavy atom. The molecule has 6 nitrogen and oxygen atoms in total. The third-order valence-electron chi connectivity index (χ3n) is 4.32. The molecule has 0 saturated carbocycles. The van der Waals surface area contributed by atoms with Crippen LogP contribution in [0.4, 0.5) is 0 Å². The first-order valence-electron chi connectivity index (χ1n) is 7.37. The van der Waals surface area contributed by atoms with Gasteiger partial charge in [-0.3, -0.25) is 4.98 Å². The highest BCUT2D eigenvalue weighted by atomic mass is 32.2. The van der Waals surface area contributed by atoms with Crippen molar-refractivity contribution >= 4 is 21.1 Å². The number of nitrogens with one attached hydrogen (secondary N) is 1. The Morgan fingerprint density at radius 1 is 1.26 bits per heavy atom. The third kappa shape index (κ3) is 2.42. The first kappa shape index (κ1) is 14.3. The van der Waals surface area contributed by atoms with E-state index in [0.29, 0.717) is 19.5 Å². The smallest absolute Gasteiger partial charge is 0.211 e. The lowest BCUT2D eigenvalue weighted by Crippen LogP contribution is -2.35. The van der Waals surface area contributed by atoms with Crippen molar-refractivity contribution in [2.45, 2.75) is 13.0 Å². The Labute approximate surface area is 134 Å². The molecule has 1 aliphatic heterocycles. The minimum Gasteiger partial charge on any atom is -0.346 e. The van der Waals surface area contributed by atoms with Crippen LogP contribution in [0.5, 0.6) is 0 Å². The molecule has 0 fully saturated rings. The molecule has 118 valence electrons. The molecular formula is C16H16N4O2S. The van der Waals surface area contributed by atoms with E-state index in [-0.39, 0.29) is 0 Å². The van der Waals surface area contributed by atoms with Crippen LogP contribution < -0.4 is 0 Å². The Kier molecular flexibility index (Phi) is 3.21. The van der Waals surface area contributed by atoms with Gasteiger partial charge in [0.2, 0.25) is 10.0 Å². The lowest BCUT2D eigenvalue weighted by Gasteiger charge is -2.27. The van der Waals surface area contributed by atoms with Crippen molar-refractivity contribution in [3.8, 4) is 11.1 Å². The molecule has 23 heavy (non-hydrogen) atoms. The summed E-state index contributed by atoms with van der Waals surface area (Å²) < 4.78 is 25.1. The number of sulfonamides is 1. The summed E-state index contributed by atoms with van der Waals surface area (Å²) in [5.41, 5.74) is 5.15. The van der Waals surface area contributed by atoms with Crippen LogP contribution in [0.3, 0.4) is 0 Å². The van der Waals surface area contributed by atoms with Crippen molar-refractivity contribution in [1.82, 2.24) is 19.3 Å². The summed E-state index contributed by atoms with van der Waals surface area (Å²) in [6.45, 7) is 0.893. The molecule has 0 aromatic carbocycles. The molecule has 3 aromatic rings. The van der Waals surface area contributed by atoms with E-state index in [0.717, 1.165) is 27.7 Å². The quantitative estimate of drug-likeness (QED) is 0.780. The number of fused-ring (bicyclic) bond motifs is 3. The van der Waals surface area contributed by atoms with Crippen molar-refractivity contribution in [2.75, 3.05) is 12.8 Å². The van der Waals surface area contributed by atoms with E-state index in [1.165, 1.54) is 16.1 Å². The highest BCUT2D eigenvalue weighted by molar-refractivity contribution is 7.88.